The minimum absolute atomic E-state index is 0.497. The molecule has 0 radical (unpaired) electrons. The fraction of sp³-hybridized carbons (Fsp3) is 0. The van der Waals surface area contributed by atoms with Gasteiger partial charge in [-0.15, -0.1) is 0 Å². The van der Waals surface area contributed by atoms with Crippen LogP contribution in [0.2, 0.25) is 0 Å². The summed E-state index contributed by atoms with van der Waals surface area (Å²) in [4.78, 5) is 30.0. The molecule has 0 saturated carbocycles. The number of rotatable bonds is 7. The summed E-state index contributed by atoms with van der Waals surface area (Å²) in [6, 6.07) is 62.4. The smallest absolute Gasteiger partial charge is 0.166 e. The first kappa shape index (κ1) is 33.4. The highest BCUT2D eigenvalue weighted by Gasteiger charge is 2.21. The molecule has 0 unspecified atom stereocenters. The first-order chi connectivity index (χ1) is 28.2. The van der Waals surface area contributed by atoms with Crippen molar-refractivity contribution in [3.63, 3.8) is 0 Å². The highest BCUT2D eigenvalue weighted by atomic mass is 15.1. The number of nitrogens with zero attached hydrogens (tertiary/aromatic N) is 8. The minimum Gasteiger partial charge on any atom is -0.308 e. The molecule has 3 heterocycles. The monoisotopic (exact) mass is 730 g/mol. The summed E-state index contributed by atoms with van der Waals surface area (Å²) >= 11 is 0. The van der Waals surface area contributed by atoms with E-state index in [4.69, 9.17) is 29.9 Å². The van der Waals surface area contributed by atoms with E-state index in [9.17, 15) is 5.26 Å². The normalized spacial score (nSPS) is 11.1. The van der Waals surface area contributed by atoms with E-state index < -0.39 is 0 Å². The predicted octanol–water partition coefficient (Wildman–Crippen LogP) is 11.0. The Hall–Kier alpha value is -8.15. The van der Waals surface area contributed by atoms with Crippen LogP contribution >= 0.6 is 0 Å². The Morgan fingerprint density at radius 3 is 1.26 bits per heavy atom. The molecule has 0 amide bonds. The lowest BCUT2D eigenvalue weighted by Gasteiger charge is -2.15. The van der Waals surface area contributed by atoms with Gasteiger partial charge in [-0.1, -0.05) is 140 Å². The highest BCUT2D eigenvalue weighted by Crippen LogP contribution is 2.38. The number of nitriles is 1. The SMILES string of the molecule is N#Cc1ccc(-c2nc(-c3ccccc3)nc(-c3ccccc3)n2)c(-n2c3ccccc3c3cc(-c4nc(-c5ccccc5)nc(-c5ccccc5)n4)ccc32)c1. The number of para-hydroxylation sites is 1. The van der Waals surface area contributed by atoms with Crippen LogP contribution in [0.1, 0.15) is 5.56 Å². The molecule has 57 heavy (non-hydrogen) atoms. The van der Waals surface area contributed by atoms with Gasteiger partial charge in [0.1, 0.15) is 0 Å². The second-order valence-corrected chi connectivity index (χ2v) is 13.5. The second kappa shape index (κ2) is 14.3. The third kappa shape index (κ3) is 6.25. The molecule has 3 aromatic heterocycles. The first-order valence-corrected chi connectivity index (χ1v) is 18.5. The van der Waals surface area contributed by atoms with Crippen molar-refractivity contribution in [2.75, 3.05) is 0 Å². The van der Waals surface area contributed by atoms with Crippen molar-refractivity contribution >= 4 is 21.8 Å². The molecule has 0 N–H and O–H groups in total. The minimum atomic E-state index is 0.497. The zero-order chi connectivity index (χ0) is 38.1. The summed E-state index contributed by atoms with van der Waals surface area (Å²) in [6.07, 6.45) is 0. The first-order valence-electron chi connectivity index (χ1n) is 18.5. The summed E-state index contributed by atoms with van der Waals surface area (Å²) < 4.78 is 2.19. The molecule has 0 spiro atoms. The lowest BCUT2D eigenvalue weighted by atomic mass is 10.1. The van der Waals surface area contributed by atoms with Crippen LogP contribution in [-0.4, -0.2) is 34.5 Å². The van der Waals surface area contributed by atoms with Gasteiger partial charge in [-0.05, 0) is 42.5 Å². The predicted molar refractivity (Wildman–Crippen MR) is 225 cm³/mol. The van der Waals surface area contributed by atoms with Gasteiger partial charge in [0.15, 0.2) is 34.9 Å². The van der Waals surface area contributed by atoms with Gasteiger partial charge < -0.3 is 4.57 Å². The standard InChI is InChI=1S/C49H30N8/c50-31-32-25-27-39(49-55-46(35-19-9-3-10-20-35)52-47(56-49)36-21-11-4-12-22-36)43(29-32)57-41-24-14-13-23-38(41)40-30-37(26-28-42(40)57)48-53-44(33-15-5-1-6-16-33)51-45(54-48)34-17-7-2-8-18-34/h1-30H. The maximum Gasteiger partial charge on any atom is 0.166 e. The third-order valence-electron chi connectivity index (χ3n) is 9.94. The van der Waals surface area contributed by atoms with E-state index in [0.717, 1.165) is 60.9 Å². The van der Waals surface area contributed by atoms with Gasteiger partial charge in [-0.3, -0.25) is 0 Å². The Labute approximate surface area is 328 Å². The van der Waals surface area contributed by atoms with Gasteiger partial charge in [-0.25, -0.2) is 29.9 Å². The Bertz CT molecular complexity index is 3010. The quantitative estimate of drug-likeness (QED) is 0.161. The number of fused-ring (bicyclic) bond motifs is 3. The van der Waals surface area contributed by atoms with Crippen molar-refractivity contribution in [3.05, 3.63) is 188 Å². The molecule has 8 heteroatoms. The molecule has 0 saturated heterocycles. The Morgan fingerprint density at radius 1 is 0.351 bits per heavy atom. The lowest BCUT2D eigenvalue weighted by Crippen LogP contribution is -2.04. The summed E-state index contributed by atoms with van der Waals surface area (Å²) in [5.41, 5.74) is 8.38. The summed E-state index contributed by atoms with van der Waals surface area (Å²) in [6.45, 7) is 0. The molecular weight excluding hydrogens is 701 g/mol. The second-order valence-electron chi connectivity index (χ2n) is 13.5. The summed E-state index contributed by atoms with van der Waals surface area (Å²) in [5, 5.41) is 12.2. The van der Waals surface area contributed by atoms with Crippen molar-refractivity contribution < 1.29 is 0 Å². The van der Waals surface area contributed by atoms with Crippen molar-refractivity contribution in [3.8, 4) is 80.1 Å². The number of hydrogen-bond donors (Lipinski definition) is 0. The number of aromatic nitrogens is 7. The Kier molecular flexibility index (Phi) is 8.36. The molecule has 266 valence electrons. The molecule has 10 aromatic rings. The van der Waals surface area contributed by atoms with Crippen molar-refractivity contribution in [2.45, 2.75) is 0 Å². The van der Waals surface area contributed by atoms with Crippen molar-refractivity contribution in [2.24, 2.45) is 0 Å². The van der Waals surface area contributed by atoms with Crippen LogP contribution in [0, 0.1) is 11.3 Å². The average molecular weight is 731 g/mol. The van der Waals surface area contributed by atoms with Gasteiger partial charge in [0.25, 0.3) is 0 Å². The van der Waals surface area contributed by atoms with Crippen LogP contribution in [-0.2, 0) is 0 Å². The van der Waals surface area contributed by atoms with Crippen LogP contribution in [0.5, 0.6) is 0 Å². The number of benzene rings is 7. The molecule has 0 fully saturated rings. The number of hydrogen-bond acceptors (Lipinski definition) is 7. The van der Waals surface area contributed by atoms with E-state index in [1.54, 1.807) is 0 Å². The molecule has 0 aliphatic rings. The molecule has 0 aliphatic carbocycles. The fourth-order valence-electron chi connectivity index (χ4n) is 7.21. The van der Waals surface area contributed by atoms with Gasteiger partial charge in [0.2, 0.25) is 0 Å². The van der Waals surface area contributed by atoms with E-state index in [1.807, 2.05) is 158 Å². The lowest BCUT2D eigenvalue weighted by molar-refractivity contribution is 1.06. The van der Waals surface area contributed by atoms with E-state index in [-0.39, 0.29) is 0 Å². The van der Waals surface area contributed by atoms with Crippen LogP contribution in [0.25, 0.3) is 95.8 Å². The van der Waals surface area contributed by atoms with Gasteiger partial charge in [0.05, 0.1) is 28.4 Å². The van der Waals surface area contributed by atoms with Crippen molar-refractivity contribution in [1.82, 2.24) is 34.5 Å². The van der Waals surface area contributed by atoms with Crippen molar-refractivity contribution in [1.29, 1.82) is 5.26 Å². The Morgan fingerprint density at radius 2 is 0.772 bits per heavy atom. The molecule has 0 aliphatic heterocycles. The van der Waals surface area contributed by atoms with Crippen LogP contribution in [0.3, 0.4) is 0 Å². The van der Waals surface area contributed by atoms with Gasteiger partial charge >= 0.3 is 0 Å². The zero-order valence-electron chi connectivity index (χ0n) is 30.4. The van der Waals surface area contributed by atoms with E-state index in [0.29, 0.717) is 40.5 Å². The molecule has 0 bridgehead atoms. The molecule has 7 aromatic carbocycles. The van der Waals surface area contributed by atoms with Gasteiger partial charge in [-0.2, -0.15) is 5.26 Å². The fourth-order valence-corrected chi connectivity index (χ4v) is 7.21. The highest BCUT2D eigenvalue weighted by molar-refractivity contribution is 6.10. The molecule has 8 nitrogen and oxygen atoms in total. The van der Waals surface area contributed by atoms with Crippen LogP contribution in [0.4, 0.5) is 0 Å². The van der Waals surface area contributed by atoms with E-state index >= 15 is 0 Å². The molecule has 10 rings (SSSR count). The average Bonchev–Trinajstić information content (AvgIpc) is 3.63. The topological polar surface area (TPSA) is 106 Å². The largest absolute Gasteiger partial charge is 0.308 e. The van der Waals surface area contributed by atoms with E-state index in [1.165, 1.54) is 0 Å². The molecular formula is C49H30N8. The summed E-state index contributed by atoms with van der Waals surface area (Å²) in [7, 11) is 0. The summed E-state index contributed by atoms with van der Waals surface area (Å²) in [5.74, 6) is 3.38. The van der Waals surface area contributed by atoms with Gasteiger partial charge in [0, 0.05) is 44.2 Å². The maximum absolute atomic E-state index is 10.2. The van der Waals surface area contributed by atoms with Crippen LogP contribution in [0.15, 0.2) is 182 Å². The molecule has 0 atom stereocenters. The zero-order valence-corrected chi connectivity index (χ0v) is 30.4. The Balaban J connectivity index is 1.19. The van der Waals surface area contributed by atoms with E-state index in [2.05, 4.69) is 34.9 Å². The third-order valence-corrected chi connectivity index (χ3v) is 9.94. The maximum atomic E-state index is 10.2. The van der Waals surface area contributed by atoms with Crippen LogP contribution < -0.4 is 0 Å².